The van der Waals surface area contributed by atoms with Crippen LogP contribution in [0.3, 0.4) is 0 Å². The number of benzene rings is 1. The second kappa shape index (κ2) is 5.37. The standard InChI is InChI=1S/C13H19N3O2/c1-10-13(17,7-8-18-10)9-15-12(14)16-11-5-3-2-4-6-11/h2-6,10,17H,7-9H2,1H3,(H3,14,15,16). The van der Waals surface area contributed by atoms with Gasteiger partial charge in [-0.3, -0.25) is 4.99 Å². The lowest BCUT2D eigenvalue weighted by Gasteiger charge is -2.23. The van der Waals surface area contributed by atoms with Crippen molar-refractivity contribution in [2.45, 2.75) is 25.0 Å². The van der Waals surface area contributed by atoms with Crippen LogP contribution in [0.25, 0.3) is 0 Å². The molecule has 0 aliphatic carbocycles. The summed E-state index contributed by atoms with van der Waals surface area (Å²) < 4.78 is 5.34. The molecule has 1 aliphatic heterocycles. The Morgan fingerprint density at radius 2 is 2.28 bits per heavy atom. The predicted octanol–water partition coefficient (Wildman–Crippen LogP) is 0.953. The molecule has 0 aromatic heterocycles. The number of hydrogen-bond acceptors (Lipinski definition) is 3. The predicted molar refractivity (Wildman–Crippen MR) is 71.5 cm³/mol. The number of aliphatic hydroxyl groups is 1. The number of hydrogen-bond donors (Lipinski definition) is 3. The lowest BCUT2D eigenvalue weighted by molar-refractivity contribution is -0.0201. The zero-order valence-corrected chi connectivity index (χ0v) is 10.5. The highest BCUT2D eigenvalue weighted by Gasteiger charge is 2.39. The molecular weight excluding hydrogens is 230 g/mol. The van der Waals surface area contributed by atoms with E-state index in [-0.39, 0.29) is 12.6 Å². The fourth-order valence-electron chi connectivity index (χ4n) is 1.91. The maximum Gasteiger partial charge on any atom is 0.193 e. The molecule has 5 heteroatoms. The molecule has 18 heavy (non-hydrogen) atoms. The van der Waals surface area contributed by atoms with Crippen molar-refractivity contribution in [2.75, 3.05) is 18.5 Å². The number of rotatable bonds is 3. The summed E-state index contributed by atoms with van der Waals surface area (Å²) in [5.41, 5.74) is 5.75. The van der Waals surface area contributed by atoms with E-state index >= 15 is 0 Å². The summed E-state index contributed by atoms with van der Waals surface area (Å²) >= 11 is 0. The Kier molecular flexibility index (Phi) is 3.84. The fraction of sp³-hybridized carbons (Fsp3) is 0.462. The minimum atomic E-state index is -0.900. The molecule has 0 amide bonds. The minimum absolute atomic E-state index is 0.203. The molecule has 0 bridgehead atoms. The Labute approximate surface area is 107 Å². The number of guanidine groups is 1. The van der Waals surface area contributed by atoms with Crippen LogP contribution in [0.1, 0.15) is 13.3 Å². The zero-order valence-electron chi connectivity index (χ0n) is 10.5. The van der Waals surface area contributed by atoms with Crippen LogP contribution in [0.4, 0.5) is 5.69 Å². The van der Waals surface area contributed by atoms with E-state index in [0.717, 1.165) is 5.69 Å². The Morgan fingerprint density at radius 1 is 1.56 bits per heavy atom. The highest BCUT2D eigenvalue weighted by atomic mass is 16.5. The number of ether oxygens (including phenoxy) is 1. The summed E-state index contributed by atoms with van der Waals surface area (Å²) in [6.45, 7) is 2.67. The topological polar surface area (TPSA) is 79.9 Å². The van der Waals surface area contributed by atoms with Crippen LogP contribution in [-0.2, 0) is 4.74 Å². The van der Waals surface area contributed by atoms with Gasteiger partial charge in [0.05, 0.1) is 12.6 Å². The number of nitrogens with one attached hydrogen (secondary N) is 1. The molecule has 0 radical (unpaired) electrons. The fourth-order valence-corrected chi connectivity index (χ4v) is 1.91. The van der Waals surface area contributed by atoms with Gasteiger partial charge in [-0.1, -0.05) is 18.2 Å². The summed E-state index contributed by atoms with van der Waals surface area (Å²) in [4.78, 5) is 4.18. The Morgan fingerprint density at radius 3 is 2.89 bits per heavy atom. The van der Waals surface area contributed by atoms with E-state index < -0.39 is 5.60 Å². The van der Waals surface area contributed by atoms with Crippen LogP contribution in [-0.4, -0.2) is 35.9 Å². The van der Waals surface area contributed by atoms with Crippen LogP contribution in [0.5, 0.6) is 0 Å². The molecule has 1 aromatic carbocycles. The van der Waals surface area contributed by atoms with Gasteiger partial charge in [0, 0.05) is 18.7 Å². The maximum absolute atomic E-state index is 10.3. The molecule has 1 fully saturated rings. The van der Waals surface area contributed by atoms with E-state index in [9.17, 15) is 5.11 Å². The van der Waals surface area contributed by atoms with Gasteiger partial charge >= 0.3 is 0 Å². The first-order valence-electron chi connectivity index (χ1n) is 6.06. The Balaban J connectivity index is 1.93. The third kappa shape index (κ3) is 3.00. The molecular formula is C13H19N3O2. The molecule has 0 saturated carbocycles. The minimum Gasteiger partial charge on any atom is -0.385 e. The largest absolute Gasteiger partial charge is 0.385 e. The molecule has 2 unspecified atom stereocenters. The second-order valence-corrected chi connectivity index (χ2v) is 4.56. The number of anilines is 1. The van der Waals surface area contributed by atoms with E-state index in [1.54, 1.807) is 0 Å². The molecule has 2 rings (SSSR count). The van der Waals surface area contributed by atoms with Crippen molar-refractivity contribution in [3.8, 4) is 0 Å². The average Bonchev–Trinajstić information content (AvgIpc) is 2.69. The second-order valence-electron chi connectivity index (χ2n) is 4.56. The van der Waals surface area contributed by atoms with Gasteiger partial charge in [-0.25, -0.2) is 0 Å². The van der Waals surface area contributed by atoms with Crippen LogP contribution < -0.4 is 11.1 Å². The van der Waals surface area contributed by atoms with Gasteiger partial charge in [0.15, 0.2) is 5.96 Å². The van der Waals surface area contributed by atoms with Crippen molar-refractivity contribution in [3.05, 3.63) is 30.3 Å². The number of nitrogens with two attached hydrogens (primary N) is 1. The van der Waals surface area contributed by atoms with Gasteiger partial charge < -0.3 is 20.9 Å². The molecule has 1 heterocycles. The van der Waals surface area contributed by atoms with E-state index in [1.165, 1.54) is 0 Å². The molecule has 98 valence electrons. The van der Waals surface area contributed by atoms with Crippen molar-refractivity contribution in [1.29, 1.82) is 0 Å². The van der Waals surface area contributed by atoms with Crippen molar-refractivity contribution in [1.82, 2.24) is 0 Å². The highest BCUT2D eigenvalue weighted by Crippen LogP contribution is 2.25. The molecule has 1 aliphatic rings. The van der Waals surface area contributed by atoms with Gasteiger partial charge in [-0.2, -0.15) is 0 Å². The number of aliphatic imine (C=N–C) groups is 1. The first-order chi connectivity index (χ1) is 8.60. The van der Waals surface area contributed by atoms with E-state index in [4.69, 9.17) is 10.5 Å². The van der Waals surface area contributed by atoms with Gasteiger partial charge in [-0.05, 0) is 19.1 Å². The summed E-state index contributed by atoms with van der Waals surface area (Å²) in [6, 6.07) is 9.56. The van der Waals surface area contributed by atoms with E-state index in [1.807, 2.05) is 37.3 Å². The first-order valence-corrected chi connectivity index (χ1v) is 6.06. The van der Waals surface area contributed by atoms with E-state index in [2.05, 4.69) is 10.3 Å². The molecule has 1 aromatic rings. The van der Waals surface area contributed by atoms with Crippen LogP contribution in [0, 0.1) is 0 Å². The summed E-state index contributed by atoms with van der Waals surface area (Å²) in [7, 11) is 0. The van der Waals surface area contributed by atoms with E-state index in [0.29, 0.717) is 19.0 Å². The lowest BCUT2D eigenvalue weighted by Crippen LogP contribution is -2.40. The molecule has 4 N–H and O–H groups in total. The van der Waals surface area contributed by atoms with Crippen LogP contribution >= 0.6 is 0 Å². The third-order valence-corrected chi connectivity index (χ3v) is 3.23. The summed E-state index contributed by atoms with van der Waals surface area (Å²) in [6.07, 6.45) is 0.391. The molecule has 1 saturated heterocycles. The average molecular weight is 249 g/mol. The van der Waals surface area contributed by atoms with Crippen LogP contribution in [0.15, 0.2) is 35.3 Å². The smallest absolute Gasteiger partial charge is 0.193 e. The first kappa shape index (κ1) is 12.9. The van der Waals surface area contributed by atoms with Crippen molar-refractivity contribution >= 4 is 11.6 Å². The monoisotopic (exact) mass is 249 g/mol. The maximum atomic E-state index is 10.3. The van der Waals surface area contributed by atoms with Crippen molar-refractivity contribution in [2.24, 2.45) is 10.7 Å². The number of nitrogens with zero attached hydrogens (tertiary/aromatic N) is 1. The normalized spacial score (nSPS) is 28.3. The quantitative estimate of drug-likeness (QED) is 0.550. The zero-order chi connectivity index (χ0) is 13.0. The van der Waals surface area contributed by atoms with Crippen LogP contribution in [0.2, 0.25) is 0 Å². The Bertz CT molecular complexity index is 422. The van der Waals surface area contributed by atoms with Gasteiger partial charge in [0.25, 0.3) is 0 Å². The highest BCUT2D eigenvalue weighted by molar-refractivity contribution is 5.92. The van der Waals surface area contributed by atoms with Crippen molar-refractivity contribution < 1.29 is 9.84 Å². The number of para-hydroxylation sites is 1. The van der Waals surface area contributed by atoms with Crippen molar-refractivity contribution in [3.63, 3.8) is 0 Å². The summed E-state index contributed by atoms with van der Waals surface area (Å²) in [5, 5.41) is 13.2. The van der Waals surface area contributed by atoms with Gasteiger partial charge in [0.2, 0.25) is 0 Å². The third-order valence-electron chi connectivity index (χ3n) is 3.23. The molecule has 5 nitrogen and oxygen atoms in total. The molecule has 2 atom stereocenters. The SMILES string of the molecule is CC1OCCC1(O)CN=C(N)Nc1ccccc1. The molecule has 0 spiro atoms. The van der Waals surface area contributed by atoms with Gasteiger partial charge in [-0.15, -0.1) is 0 Å². The van der Waals surface area contributed by atoms with Gasteiger partial charge in [0.1, 0.15) is 5.60 Å². The lowest BCUT2D eigenvalue weighted by atomic mass is 9.97. The Hall–Kier alpha value is -1.59. The summed E-state index contributed by atoms with van der Waals surface area (Å²) in [5.74, 6) is 0.300.